The van der Waals surface area contributed by atoms with Crippen LogP contribution in [0.1, 0.15) is 12.6 Å². The SMILES string of the molecule is CCNc1nc(C)cc(N2CC(OC)C(OC)C2)n1. The van der Waals surface area contributed by atoms with Gasteiger partial charge in [0.25, 0.3) is 0 Å². The van der Waals surface area contributed by atoms with Crippen molar-refractivity contribution < 1.29 is 9.47 Å². The van der Waals surface area contributed by atoms with E-state index in [1.165, 1.54) is 0 Å². The molecule has 1 N–H and O–H groups in total. The molecule has 106 valence electrons. The monoisotopic (exact) mass is 266 g/mol. The molecular formula is C13H22N4O2. The predicted octanol–water partition coefficient (Wildman–Crippen LogP) is 1.07. The fourth-order valence-corrected chi connectivity index (χ4v) is 2.33. The Bertz CT molecular complexity index is 415. The molecule has 2 atom stereocenters. The quantitative estimate of drug-likeness (QED) is 0.860. The molecule has 0 spiro atoms. The van der Waals surface area contributed by atoms with E-state index in [2.05, 4.69) is 20.2 Å². The molecule has 6 nitrogen and oxygen atoms in total. The molecular weight excluding hydrogens is 244 g/mol. The lowest BCUT2D eigenvalue weighted by molar-refractivity contribution is -0.00461. The summed E-state index contributed by atoms with van der Waals surface area (Å²) in [4.78, 5) is 11.1. The number of hydrogen-bond donors (Lipinski definition) is 1. The first-order chi connectivity index (χ1) is 9.17. The highest BCUT2D eigenvalue weighted by Gasteiger charge is 2.33. The molecule has 1 saturated heterocycles. The molecule has 2 unspecified atom stereocenters. The van der Waals surface area contributed by atoms with Gasteiger partial charge in [-0.25, -0.2) is 4.98 Å². The second-order valence-corrected chi connectivity index (χ2v) is 4.67. The van der Waals surface area contributed by atoms with Crippen molar-refractivity contribution in [2.24, 2.45) is 0 Å². The molecule has 1 aliphatic rings. The highest BCUT2D eigenvalue weighted by atomic mass is 16.5. The minimum Gasteiger partial charge on any atom is -0.377 e. The molecule has 0 amide bonds. The second kappa shape index (κ2) is 6.16. The smallest absolute Gasteiger partial charge is 0.224 e. The summed E-state index contributed by atoms with van der Waals surface area (Å²) < 4.78 is 10.9. The van der Waals surface area contributed by atoms with E-state index in [4.69, 9.17) is 9.47 Å². The Morgan fingerprint density at radius 2 is 1.89 bits per heavy atom. The average Bonchev–Trinajstić information content (AvgIpc) is 2.81. The number of aryl methyl sites for hydroxylation is 1. The summed E-state index contributed by atoms with van der Waals surface area (Å²) in [5.41, 5.74) is 0.954. The molecule has 1 aliphatic heterocycles. The normalized spacial score (nSPS) is 22.8. The van der Waals surface area contributed by atoms with E-state index in [1.807, 2.05) is 19.9 Å². The molecule has 0 aromatic carbocycles. The van der Waals surface area contributed by atoms with Gasteiger partial charge in [0.1, 0.15) is 18.0 Å². The largest absolute Gasteiger partial charge is 0.377 e. The van der Waals surface area contributed by atoms with E-state index >= 15 is 0 Å². The van der Waals surface area contributed by atoms with Gasteiger partial charge in [-0.1, -0.05) is 0 Å². The summed E-state index contributed by atoms with van der Waals surface area (Å²) in [6.07, 6.45) is 0.172. The zero-order valence-corrected chi connectivity index (χ0v) is 12.0. The molecule has 1 fully saturated rings. The summed E-state index contributed by atoms with van der Waals surface area (Å²) in [6.45, 7) is 6.39. The van der Waals surface area contributed by atoms with Crippen molar-refractivity contribution in [2.75, 3.05) is 44.1 Å². The van der Waals surface area contributed by atoms with Gasteiger partial charge in [-0.2, -0.15) is 4.98 Å². The average molecular weight is 266 g/mol. The van der Waals surface area contributed by atoms with E-state index in [9.17, 15) is 0 Å². The van der Waals surface area contributed by atoms with Crippen LogP contribution in [0.5, 0.6) is 0 Å². The Hall–Kier alpha value is -1.40. The molecule has 6 heteroatoms. The van der Waals surface area contributed by atoms with Gasteiger partial charge in [-0.05, 0) is 13.8 Å². The lowest BCUT2D eigenvalue weighted by Crippen LogP contribution is -2.27. The molecule has 19 heavy (non-hydrogen) atoms. The highest BCUT2D eigenvalue weighted by molar-refractivity contribution is 5.46. The number of ether oxygens (including phenoxy) is 2. The zero-order valence-electron chi connectivity index (χ0n) is 12.0. The second-order valence-electron chi connectivity index (χ2n) is 4.67. The van der Waals surface area contributed by atoms with Gasteiger partial charge < -0.3 is 19.7 Å². The molecule has 2 rings (SSSR count). The third-order valence-corrected chi connectivity index (χ3v) is 3.32. The van der Waals surface area contributed by atoms with Gasteiger partial charge >= 0.3 is 0 Å². The van der Waals surface area contributed by atoms with Crippen LogP contribution in [0.4, 0.5) is 11.8 Å². The van der Waals surface area contributed by atoms with Crippen LogP contribution in [0.3, 0.4) is 0 Å². The standard InChI is InChI=1S/C13H22N4O2/c1-5-14-13-15-9(2)6-12(16-13)17-7-10(18-3)11(8-17)19-4/h6,10-11H,5,7-8H2,1-4H3,(H,14,15,16). The Labute approximate surface area is 114 Å². The Kier molecular flexibility index (Phi) is 4.55. The Morgan fingerprint density at radius 1 is 1.26 bits per heavy atom. The van der Waals surface area contributed by atoms with Crippen LogP contribution in [0, 0.1) is 6.92 Å². The van der Waals surface area contributed by atoms with Gasteiger partial charge in [-0.3, -0.25) is 0 Å². The minimum absolute atomic E-state index is 0.0860. The number of nitrogens with one attached hydrogen (secondary N) is 1. The first kappa shape index (κ1) is 14.0. The maximum Gasteiger partial charge on any atom is 0.224 e. The first-order valence-electron chi connectivity index (χ1n) is 6.58. The van der Waals surface area contributed by atoms with Crippen LogP contribution in [0.25, 0.3) is 0 Å². The highest BCUT2D eigenvalue weighted by Crippen LogP contribution is 2.23. The molecule has 1 aromatic rings. The van der Waals surface area contributed by atoms with Crippen molar-refractivity contribution >= 4 is 11.8 Å². The number of anilines is 2. The van der Waals surface area contributed by atoms with E-state index in [0.29, 0.717) is 5.95 Å². The summed E-state index contributed by atoms with van der Waals surface area (Å²) in [7, 11) is 3.44. The predicted molar refractivity (Wildman–Crippen MR) is 74.7 cm³/mol. The first-order valence-corrected chi connectivity index (χ1v) is 6.58. The maximum absolute atomic E-state index is 5.45. The number of methoxy groups -OCH3 is 2. The van der Waals surface area contributed by atoms with Crippen molar-refractivity contribution in [1.82, 2.24) is 9.97 Å². The molecule has 0 bridgehead atoms. The molecule has 1 aromatic heterocycles. The van der Waals surface area contributed by atoms with E-state index < -0.39 is 0 Å². The maximum atomic E-state index is 5.45. The topological polar surface area (TPSA) is 59.5 Å². The van der Waals surface area contributed by atoms with E-state index in [0.717, 1.165) is 31.1 Å². The fraction of sp³-hybridized carbons (Fsp3) is 0.692. The van der Waals surface area contributed by atoms with Crippen molar-refractivity contribution in [3.63, 3.8) is 0 Å². The zero-order chi connectivity index (χ0) is 13.8. The summed E-state index contributed by atoms with van der Waals surface area (Å²) in [5, 5.41) is 3.15. The van der Waals surface area contributed by atoms with Crippen molar-refractivity contribution in [3.05, 3.63) is 11.8 Å². The van der Waals surface area contributed by atoms with E-state index in [-0.39, 0.29) is 12.2 Å². The number of aromatic nitrogens is 2. The molecule has 0 radical (unpaired) electrons. The van der Waals surface area contributed by atoms with Gasteiger partial charge in [0.15, 0.2) is 0 Å². The number of nitrogens with zero attached hydrogens (tertiary/aromatic N) is 3. The van der Waals surface area contributed by atoms with Crippen LogP contribution in [-0.2, 0) is 9.47 Å². The van der Waals surface area contributed by atoms with Gasteiger partial charge in [0.2, 0.25) is 5.95 Å². The third-order valence-electron chi connectivity index (χ3n) is 3.32. The van der Waals surface area contributed by atoms with E-state index in [1.54, 1.807) is 14.2 Å². The van der Waals surface area contributed by atoms with Crippen molar-refractivity contribution in [2.45, 2.75) is 26.1 Å². The van der Waals surface area contributed by atoms with Crippen molar-refractivity contribution in [3.8, 4) is 0 Å². The third kappa shape index (κ3) is 3.13. The van der Waals surface area contributed by atoms with Crippen LogP contribution in [0.15, 0.2) is 6.07 Å². The lowest BCUT2D eigenvalue weighted by Gasteiger charge is -2.18. The van der Waals surface area contributed by atoms with Crippen LogP contribution in [0.2, 0.25) is 0 Å². The van der Waals surface area contributed by atoms with Gasteiger partial charge in [0.05, 0.1) is 0 Å². The van der Waals surface area contributed by atoms with Gasteiger partial charge in [0, 0.05) is 45.6 Å². The summed E-state index contributed by atoms with van der Waals surface area (Å²) in [5.74, 6) is 1.59. The van der Waals surface area contributed by atoms with Crippen molar-refractivity contribution in [1.29, 1.82) is 0 Å². The van der Waals surface area contributed by atoms with Crippen LogP contribution in [-0.4, -0.2) is 56.0 Å². The Balaban J connectivity index is 2.18. The van der Waals surface area contributed by atoms with Crippen LogP contribution < -0.4 is 10.2 Å². The molecule has 0 aliphatic carbocycles. The van der Waals surface area contributed by atoms with Crippen LogP contribution >= 0.6 is 0 Å². The summed E-state index contributed by atoms with van der Waals surface area (Å²) >= 11 is 0. The minimum atomic E-state index is 0.0860. The molecule has 2 heterocycles. The van der Waals surface area contributed by atoms with Gasteiger partial charge in [-0.15, -0.1) is 0 Å². The molecule has 0 saturated carbocycles. The number of hydrogen-bond acceptors (Lipinski definition) is 6. The summed E-state index contributed by atoms with van der Waals surface area (Å²) in [6, 6.07) is 1.99. The lowest BCUT2D eigenvalue weighted by atomic mass is 10.3. The number of rotatable bonds is 5. The fourth-order valence-electron chi connectivity index (χ4n) is 2.33. The Morgan fingerprint density at radius 3 is 2.42 bits per heavy atom.